The molecule has 3 N–H and O–H groups in total. The molecule has 4 rings (SSSR count). The number of methoxy groups -OCH3 is 1. The molecule has 0 radical (unpaired) electrons. The standard InChI is InChI=1S/C38H38N2O2/c1-7-30-32(9-3)36(21-19-34(30)27-13-11-26(12-14-27)25-42-24-23-39)37-22-20-35(31(8-2)33(37)10-4)28-15-17-29(18-16-28)38(40-5)41-6/h7-24,38,40H,1-4,25,39H2,5-6H3/b24-23-. The Morgan fingerprint density at radius 3 is 1.50 bits per heavy atom. The zero-order valence-electron chi connectivity index (χ0n) is 24.4. The summed E-state index contributed by atoms with van der Waals surface area (Å²) >= 11 is 0. The second kappa shape index (κ2) is 14.1. The van der Waals surface area contributed by atoms with Gasteiger partial charge in [0.05, 0.1) is 6.26 Å². The number of rotatable bonds is 13. The third-order valence-corrected chi connectivity index (χ3v) is 7.39. The smallest absolute Gasteiger partial charge is 0.133 e. The molecule has 0 aromatic heterocycles. The predicted octanol–water partition coefficient (Wildman–Crippen LogP) is 9.07. The number of hydrogen-bond donors (Lipinski definition) is 2. The lowest BCUT2D eigenvalue weighted by molar-refractivity contribution is 0.0809. The molecule has 0 bridgehead atoms. The molecule has 42 heavy (non-hydrogen) atoms. The molecule has 4 aromatic rings. The molecule has 4 aromatic carbocycles. The largest absolute Gasteiger partial charge is 0.495 e. The zero-order valence-corrected chi connectivity index (χ0v) is 24.4. The van der Waals surface area contributed by atoms with Gasteiger partial charge in [0.1, 0.15) is 12.8 Å². The van der Waals surface area contributed by atoms with Crippen LogP contribution in [0.15, 0.2) is 112 Å². The average molecular weight is 555 g/mol. The first-order chi connectivity index (χ1) is 20.5. The fourth-order valence-electron chi connectivity index (χ4n) is 5.36. The summed E-state index contributed by atoms with van der Waals surface area (Å²) in [5, 5.41) is 3.16. The van der Waals surface area contributed by atoms with Crippen LogP contribution in [0.4, 0.5) is 0 Å². The van der Waals surface area contributed by atoms with Gasteiger partial charge in [-0.05, 0) is 73.8 Å². The summed E-state index contributed by atoms with van der Waals surface area (Å²) in [6.45, 7) is 17.1. The molecule has 212 valence electrons. The zero-order chi connectivity index (χ0) is 30.1. The molecule has 0 aliphatic rings. The quantitative estimate of drug-likeness (QED) is 0.128. The summed E-state index contributed by atoms with van der Waals surface area (Å²) in [7, 11) is 3.57. The van der Waals surface area contributed by atoms with E-state index in [1.165, 1.54) is 12.5 Å². The monoisotopic (exact) mass is 554 g/mol. The maximum absolute atomic E-state index is 5.51. The molecule has 0 heterocycles. The highest BCUT2D eigenvalue weighted by Gasteiger charge is 2.18. The molecule has 0 spiro atoms. The molecular weight excluding hydrogens is 516 g/mol. The summed E-state index contributed by atoms with van der Waals surface area (Å²) in [4.78, 5) is 0. The van der Waals surface area contributed by atoms with Crippen LogP contribution in [0.2, 0.25) is 0 Å². The summed E-state index contributed by atoms with van der Waals surface area (Å²) in [5.41, 5.74) is 18.0. The number of ether oxygens (including phenoxy) is 2. The van der Waals surface area contributed by atoms with Gasteiger partial charge in [0.2, 0.25) is 0 Å². The Balaban J connectivity index is 1.79. The van der Waals surface area contributed by atoms with Gasteiger partial charge >= 0.3 is 0 Å². The van der Waals surface area contributed by atoms with Gasteiger partial charge in [-0.3, -0.25) is 5.32 Å². The van der Waals surface area contributed by atoms with Gasteiger partial charge in [0.15, 0.2) is 0 Å². The van der Waals surface area contributed by atoms with Crippen molar-refractivity contribution in [1.82, 2.24) is 5.32 Å². The van der Waals surface area contributed by atoms with Crippen LogP contribution in [0.1, 0.15) is 39.6 Å². The van der Waals surface area contributed by atoms with Crippen LogP contribution >= 0.6 is 0 Å². The van der Waals surface area contributed by atoms with E-state index in [2.05, 4.69) is 104 Å². The van der Waals surface area contributed by atoms with E-state index in [1.807, 2.05) is 31.4 Å². The lowest BCUT2D eigenvalue weighted by atomic mass is 9.84. The topological polar surface area (TPSA) is 56.5 Å². The minimum atomic E-state index is -0.158. The van der Waals surface area contributed by atoms with Crippen molar-refractivity contribution in [2.45, 2.75) is 12.8 Å². The molecule has 0 saturated heterocycles. The Morgan fingerprint density at radius 1 is 0.667 bits per heavy atom. The highest BCUT2D eigenvalue weighted by atomic mass is 16.5. The Bertz CT molecular complexity index is 1610. The van der Waals surface area contributed by atoms with E-state index in [4.69, 9.17) is 15.2 Å². The normalized spacial score (nSPS) is 11.7. The third kappa shape index (κ3) is 6.06. The van der Waals surface area contributed by atoms with Crippen molar-refractivity contribution < 1.29 is 9.47 Å². The maximum Gasteiger partial charge on any atom is 0.133 e. The van der Waals surface area contributed by atoms with Crippen LogP contribution in [0.5, 0.6) is 0 Å². The van der Waals surface area contributed by atoms with Gasteiger partial charge in [0.25, 0.3) is 0 Å². The fraction of sp³-hybridized carbons (Fsp3) is 0.105. The lowest BCUT2D eigenvalue weighted by Gasteiger charge is -2.20. The minimum absolute atomic E-state index is 0.158. The Morgan fingerprint density at radius 2 is 1.10 bits per heavy atom. The molecule has 1 atom stereocenters. The third-order valence-electron chi connectivity index (χ3n) is 7.39. The molecule has 0 amide bonds. The minimum Gasteiger partial charge on any atom is -0.495 e. The Kier molecular flexibility index (Phi) is 10.1. The molecular formula is C38H38N2O2. The van der Waals surface area contributed by atoms with Gasteiger partial charge in [-0.15, -0.1) is 0 Å². The highest BCUT2D eigenvalue weighted by molar-refractivity contribution is 5.94. The number of nitrogens with one attached hydrogen (secondary N) is 1. The molecule has 0 aliphatic heterocycles. The second-order valence-electron chi connectivity index (χ2n) is 9.66. The SMILES string of the molecule is C=Cc1c(-c2ccc(CO/C=C\N)cc2)ccc(-c2ccc(-c3ccc(C(NC)OC)cc3)c(C=C)c2C=C)c1C=C. The van der Waals surface area contributed by atoms with Crippen molar-refractivity contribution in [2.24, 2.45) is 5.73 Å². The van der Waals surface area contributed by atoms with Crippen molar-refractivity contribution in [3.63, 3.8) is 0 Å². The van der Waals surface area contributed by atoms with Crippen LogP contribution in [-0.4, -0.2) is 14.2 Å². The van der Waals surface area contributed by atoms with E-state index in [9.17, 15) is 0 Å². The molecule has 1 unspecified atom stereocenters. The van der Waals surface area contributed by atoms with E-state index in [0.29, 0.717) is 6.61 Å². The van der Waals surface area contributed by atoms with E-state index in [0.717, 1.165) is 66.8 Å². The van der Waals surface area contributed by atoms with Gasteiger partial charge in [-0.25, -0.2) is 0 Å². The van der Waals surface area contributed by atoms with Gasteiger partial charge in [-0.1, -0.05) is 123 Å². The summed E-state index contributed by atoms with van der Waals surface area (Å²) < 4.78 is 10.9. The van der Waals surface area contributed by atoms with Gasteiger partial charge < -0.3 is 15.2 Å². The number of nitrogens with two attached hydrogens (primary N) is 1. The van der Waals surface area contributed by atoms with Crippen LogP contribution in [0.3, 0.4) is 0 Å². The van der Waals surface area contributed by atoms with E-state index >= 15 is 0 Å². The molecule has 0 saturated carbocycles. The van der Waals surface area contributed by atoms with E-state index in [-0.39, 0.29) is 6.23 Å². The predicted molar refractivity (Wildman–Crippen MR) is 180 cm³/mol. The lowest BCUT2D eigenvalue weighted by Crippen LogP contribution is -2.17. The number of hydrogen-bond acceptors (Lipinski definition) is 4. The van der Waals surface area contributed by atoms with Crippen molar-refractivity contribution in [3.05, 3.63) is 145 Å². The molecule has 4 nitrogen and oxygen atoms in total. The summed E-state index contributed by atoms with van der Waals surface area (Å²) in [5.74, 6) is 0. The van der Waals surface area contributed by atoms with Gasteiger partial charge in [0, 0.05) is 13.3 Å². The first-order valence-electron chi connectivity index (χ1n) is 13.8. The van der Waals surface area contributed by atoms with Crippen molar-refractivity contribution in [3.8, 4) is 33.4 Å². The van der Waals surface area contributed by atoms with Crippen LogP contribution in [0.25, 0.3) is 57.7 Å². The average Bonchev–Trinajstić information content (AvgIpc) is 3.04. The summed E-state index contributed by atoms with van der Waals surface area (Å²) in [6, 6.07) is 25.3. The highest BCUT2D eigenvalue weighted by Crippen LogP contribution is 2.40. The van der Waals surface area contributed by atoms with Crippen molar-refractivity contribution in [1.29, 1.82) is 0 Å². The van der Waals surface area contributed by atoms with Crippen LogP contribution in [0, 0.1) is 0 Å². The van der Waals surface area contributed by atoms with Crippen molar-refractivity contribution in [2.75, 3.05) is 14.2 Å². The van der Waals surface area contributed by atoms with Crippen LogP contribution in [-0.2, 0) is 16.1 Å². The molecule has 0 fully saturated rings. The Hall–Kier alpha value is -4.90. The molecule has 4 heteroatoms. The van der Waals surface area contributed by atoms with Crippen LogP contribution < -0.4 is 11.1 Å². The van der Waals surface area contributed by atoms with Crippen molar-refractivity contribution >= 4 is 24.3 Å². The Labute approximate surface area is 249 Å². The maximum atomic E-state index is 5.51. The fourth-order valence-corrected chi connectivity index (χ4v) is 5.36. The number of benzene rings is 4. The first-order valence-corrected chi connectivity index (χ1v) is 13.8. The van der Waals surface area contributed by atoms with E-state index < -0.39 is 0 Å². The summed E-state index contributed by atoms with van der Waals surface area (Å²) in [6.07, 6.45) is 10.3. The molecule has 0 aliphatic carbocycles. The second-order valence-corrected chi connectivity index (χ2v) is 9.66. The van der Waals surface area contributed by atoms with Gasteiger partial charge in [-0.2, -0.15) is 0 Å². The van der Waals surface area contributed by atoms with E-state index in [1.54, 1.807) is 7.11 Å². The first kappa shape index (κ1) is 30.1.